The first-order valence-electron chi connectivity index (χ1n) is 6.12. The molecule has 1 heterocycles. The molecule has 1 atom stereocenters. The second-order valence-electron chi connectivity index (χ2n) is 4.00. The van der Waals surface area contributed by atoms with E-state index in [9.17, 15) is 4.39 Å². The minimum Gasteiger partial charge on any atom is -0.310 e. The molecule has 0 fully saturated rings. The van der Waals surface area contributed by atoms with Gasteiger partial charge in [-0.1, -0.05) is 33.1 Å². The lowest BCUT2D eigenvalue weighted by atomic mass is 10.0. The van der Waals surface area contributed by atoms with E-state index in [-0.39, 0.29) is 11.9 Å². The van der Waals surface area contributed by atoms with Crippen molar-refractivity contribution in [3.05, 3.63) is 29.8 Å². The van der Waals surface area contributed by atoms with Crippen LogP contribution in [0.2, 0.25) is 0 Å². The highest BCUT2D eigenvalue weighted by molar-refractivity contribution is 5.17. The molecule has 0 aliphatic rings. The number of pyridine rings is 1. The molecule has 0 saturated carbocycles. The third-order valence-electron chi connectivity index (χ3n) is 2.73. The van der Waals surface area contributed by atoms with Gasteiger partial charge < -0.3 is 5.32 Å². The molecule has 0 saturated heterocycles. The SMILES string of the molecule is CCCCCC(NCC)c1ccncc1F. The van der Waals surface area contributed by atoms with Crippen molar-refractivity contribution in [2.45, 2.75) is 45.6 Å². The molecule has 90 valence electrons. The van der Waals surface area contributed by atoms with Crippen LogP contribution in [0.3, 0.4) is 0 Å². The Balaban J connectivity index is 2.65. The smallest absolute Gasteiger partial charge is 0.146 e. The maximum atomic E-state index is 13.6. The molecule has 0 spiro atoms. The van der Waals surface area contributed by atoms with Gasteiger partial charge in [-0.25, -0.2) is 4.39 Å². The summed E-state index contributed by atoms with van der Waals surface area (Å²) in [4.78, 5) is 3.78. The zero-order valence-electron chi connectivity index (χ0n) is 10.2. The van der Waals surface area contributed by atoms with Crippen molar-refractivity contribution in [2.24, 2.45) is 0 Å². The fraction of sp³-hybridized carbons (Fsp3) is 0.615. The summed E-state index contributed by atoms with van der Waals surface area (Å²) in [6, 6.07) is 1.90. The molecule has 0 aromatic carbocycles. The van der Waals surface area contributed by atoms with Gasteiger partial charge in [-0.15, -0.1) is 0 Å². The van der Waals surface area contributed by atoms with Crippen molar-refractivity contribution in [1.82, 2.24) is 10.3 Å². The van der Waals surface area contributed by atoms with E-state index < -0.39 is 0 Å². The molecule has 16 heavy (non-hydrogen) atoms. The summed E-state index contributed by atoms with van der Waals surface area (Å²) in [6.45, 7) is 5.08. The predicted octanol–water partition coefficient (Wildman–Crippen LogP) is 3.45. The molecule has 1 rings (SSSR count). The van der Waals surface area contributed by atoms with E-state index in [0.29, 0.717) is 0 Å². The van der Waals surface area contributed by atoms with E-state index in [0.717, 1.165) is 24.9 Å². The average molecular weight is 224 g/mol. The molecule has 3 heteroatoms. The van der Waals surface area contributed by atoms with Gasteiger partial charge in [0.1, 0.15) is 5.82 Å². The molecular weight excluding hydrogens is 203 g/mol. The summed E-state index contributed by atoms with van der Waals surface area (Å²) < 4.78 is 13.6. The van der Waals surface area contributed by atoms with Crippen molar-refractivity contribution < 1.29 is 4.39 Å². The molecule has 1 aromatic heterocycles. The van der Waals surface area contributed by atoms with Gasteiger partial charge in [-0.05, 0) is 19.0 Å². The minimum absolute atomic E-state index is 0.125. The molecule has 0 aliphatic carbocycles. The molecule has 1 aromatic rings. The van der Waals surface area contributed by atoms with E-state index in [2.05, 4.69) is 17.2 Å². The molecule has 0 aliphatic heterocycles. The monoisotopic (exact) mass is 224 g/mol. The predicted molar refractivity (Wildman–Crippen MR) is 64.8 cm³/mol. The molecule has 0 bridgehead atoms. The summed E-state index contributed by atoms with van der Waals surface area (Å²) in [5.74, 6) is -0.204. The molecule has 1 unspecified atom stereocenters. The third-order valence-corrected chi connectivity index (χ3v) is 2.73. The lowest BCUT2D eigenvalue weighted by Crippen LogP contribution is -2.22. The summed E-state index contributed by atoms with van der Waals surface area (Å²) in [5.41, 5.74) is 0.743. The average Bonchev–Trinajstić information content (AvgIpc) is 2.29. The van der Waals surface area contributed by atoms with Gasteiger partial charge in [0.15, 0.2) is 0 Å². The van der Waals surface area contributed by atoms with Crippen molar-refractivity contribution >= 4 is 0 Å². The Morgan fingerprint density at radius 3 is 2.81 bits per heavy atom. The first kappa shape index (κ1) is 13.1. The first-order chi connectivity index (χ1) is 7.79. The molecule has 0 amide bonds. The largest absolute Gasteiger partial charge is 0.310 e. The number of rotatable bonds is 7. The summed E-state index contributed by atoms with van der Waals surface area (Å²) >= 11 is 0. The van der Waals surface area contributed by atoms with Gasteiger partial charge in [0.2, 0.25) is 0 Å². The fourth-order valence-corrected chi connectivity index (χ4v) is 1.88. The Hall–Kier alpha value is -0.960. The summed E-state index contributed by atoms with van der Waals surface area (Å²) in [6.07, 6.45) is 7.47. The van der Waals surface area contributed by atoms with Crippen LogP contribution in [0.25, 0.3) is 0 Å². The van der Waals surface area contributed by atoms with E-state index in [1.54, 1.807) is 12.3 Å². The van der Waals surface area contributed by atoms with Crippen LogP contribution in [0, 0.1) is 5.82 Å². The van der Waals surface area contributed by atoms with Crippen LogP contribution in [-0.2, 0) is 0 Å². The highest BCUT2D eigenvalue weighted by atomic mass is 19.1. The normalized spacial score (nSPS) is 12.7. The minimum atomic E-state index is -0.204. The van der Waals surface area contributed by atoms with E-state index in [1.807, 2.05) is 6.92 Å². The number of hydrogen-bond donors (Lipinski definition) is 1. The van der Waals surface area contributed by atoms with Gasteiger partial charge >= 0.3 is 0 Å². The van der Waals surface area contributed by atoms with Crippen LogP contribution in [0.15, 0.2) is 18.5 Å². The van der Waals surface area contributed by atoms with Crippen LogP contribution in [-0.4, -0.2) is 11.5 Å². The van der Waals surface area contributed by atoms with Gasteiger partial charge in [0, 0.05) is 17.8 Å². The first-order valence-corrected chi connectivity index (χ1v) is 6.12. The Labute approximate surface area is 97.3 Å². The van der Waals surface area contributed by atoms with Gasteiger partial charge in [-0.2, -0.15) is 0 Å². The number of aromatic nitrogens is 1. The van der Waals surface area contributed by atoms with Crippen molar-refractivity contribution in [1.29, 1.82) is 0 Å². The second-order valence-corrected chi connectivity index (χ2v) is 4.00. The van der Waals surface area contributed by atoms with Crippen molar-refractivity contribution in [3.63, 3.8) is 0 Å². The number of unbranched alkanes of at least 4 members (excludes halogenated alkanes) is 2. The highest BCUT2D eigenvalue weighted by Gasteiger charge is 2.13. The summed E-state index contributed by atoms with van der Waals surface area (Å²) in [7, 11) is 0. The quantitative estimate of drug-likeness (QED) is 0.717. The second kappa shape index (κ2) is 7.34. The Kier molecular flexibility index (Phi) is 6.01. The molecule has 2 nitrogen and oxygen atoms in total. The zero-order valence-corrected chi connectivity index (χ0v) is 10.2. The van der Waals surface area contributed by atoms with Crippen LogP contribution in [0.5, 0.6) is 0 Å². The maximum absolute atomic E-state index is 13.6. The number of nitrogens with one attached hydrogen (secondary N) is 1. The van der Waals surface area contributed by atoms with Crippen LogP contribution in [0.4, 0.5) is 4.39 Å². The lowest BCUT2D eigenvalue weighted by molar-refractivity contribution is 0.463. The third kappa shape index (κ3) is 3.89. The topological polar surface area (TPSA) is 24.9 Å². The van der Waals surface area contributed by atoms with Crippen LogP contribution >= 0.6 is 0 Å². The molecular formula is C13H21FN2. The Morgan fingerprint density at radius 1 is 1.38 bits per heavy atom. The Morgan fingerprint density at radius 2 is 2.19 bits per heavy atom. The van der Waals surface area contributed by atoms with Crippen LogP contribution < -0.4 is 5.32 Å². The number of hydrogen-bond acceptors (Lipinski definition) is 2. The highest BCUT2D eigenvalue weighted by Crippen LogP contribution is 2.21. The van der Waals surface area contributed by atoms with Gasteiger partial charge in [-0.3, -0.25) is 4.98 Å². The van der Waals surface area contributed by atoms with E-state index in [4.69, 9.17) is 0 Å². The number of nitrogens with zero attached hydrogens (tertiary/aromatic N) is 1. The van der Waals surface area contributed by atoms with E-state index in [1.165, 1.54) is 19.0 Å². The number of halogens is 1. The zero-order chi connectivity index (χ0) is 11.8. The van der Waals surface area contributed by atoms with Gasteiger partial charge in [0.25, 0.3) is 0 Å². The summed E-state index contributed by atoms with van der Waals surface area (Å²) in [5, 5.41) is 3.33. The standard InChI is InChI=1S/C13H21FN2/c1-3-5-6-7-13(16-4-2)11-8-9-15-10-12(11)14/h8-10,13,16H,3-7H2,1-2H3. The molecule has 0 radical (unpaired) electrons. The van der Waals surface area contributed by atoms with Crippen molar-refractivity contribution in [2.75, 3.05) is 6.54 Å². The van der Waals surface area contributed by atoms with Crippen molar-refractivity contribution in [3.8, 4) is 0 Å². The van der Waals surface area contributed by atoms with E-state index >= 15 is 0 Å². The lowest BCUT2D eigenvalue weighted by Gasteiger charge is -2.18. The Bertz CT molecular complexity index is 302. The maximum Gasteiger partial charge on any atom is 0.146 e. The van der Waals surface area contributed by atoms with Gasteiger partial charge in [0.05, 0.1) is 6.20 Å². The van der Waals surface area contributed by atoms with Crippen LogP contribution in [0.1, 0.15) is 51.1 Å². The molecule has 1 N–H and O–H groups in total. The fourth-order valence-electron chi connectivity index (χ4n) is 1.88.